The summed E-state index contributed by atoms with van der Waals surface area (Å²) in [5.41, 5.74) is 1.87. The molecule has 0 aliphatic carbocycles. The second-order valence-electron chi connectivity index (χ2n) is 5.95. The van der Waals surface area contributed by atoms with E-state index in [-0.39, 0.29) is 24.4 Å². The summed E-state index contributed by atoms with van der Waals surface area (Å²) in [5, 5.41) is 9.35. The van der Waals surface area contributed by atoms with Crippen LogP contribution in [0.4, 0.5) is 4.39 Å². The van der Waals surface area contributed by atoms with Crippen LogP contribution in [0.15, 0.2) is 48.5 Å². The van der Waals surface area contributed by atoms with E-state index >= 15 is 0 Å². The number of aromatic amines is 1. The molecule has 2 aromatic carbocycles. The van der Waals surface area contributed by atoms with E-state index in [4.69, 9.17) is 0 Å². The van der Waals surface area contributed by atoms with Crippen molar-refractivity contribution in [3.05, 3.63) is 65.7 Å². The number of H-pyrrole nitrogens is 1. The Morgan fingerprint density at radius 2 is 1.85 bits per heavy atom. The van der Waals surface area contributed by atoms with E-state index in [1.54, 1.807) is 6.07 Å². The Kier molecular flexibility index (Phi) is 5.18. The van der Waals surface area contributed by atoms with Crippen LogP contribution in [0.25, 0.3) is 11.0 Å². The minimum atomic E-state index is -0.983. The predicted octanol–water partition coefficient (Wildman–Crippen LogP) is 3.93. The average Bonchev–Trinajstić information content (AvgIpc) is 3.06. The molecule has 1 aromatic heterocycles. The van der Waals surface area contributed by atoms with Crippen molar-refractivity contribution >= 4 is 22.6 Å². The minimum absolute atomic E-state index is 0.0994. The first-order valence-electron chi connectivity index (χ1n) is 8.24. The molecule has 26 heavy (non-hydrogen) atoms. The summed E-state index contributed by atoms with van der Waals surface area (Å²) in [6, 6.07) is 14.6. The van der Waals surface area contributed by atoms with Crippen LogP contribution in [0.3, 0.4) is 0 Å². The third-order valence-corrected chi connectivity index (χ3v) is 4.13. The van der Waals surface area contributed by atoms with Crippen molar-refractivity contribution in [3.63, 3.8) is 0 Å². The molecule has 0 spiro atoms. The zero-order valence-electron chi connectivity index (χ0n) is 13.9. The molecule has 0 bridgehead atoms. The molecule has 0 aliphatic rings. The van der Waals surface area contributed by atoms with Crippen molar-refractivity contribution in [2.45, 2.75) is 25.2 Å². The van der Waals surface area contributed by atoms with Crippen molar-refractivity contribution in [1.82, 2.24) is 9.97 Å². The number of imidazole rings is 1. The molecule has 0 saturated carbocycles. The monoisotopic (exact) mass is 349 g/mol. The molecule has 0 saturated heterocycles. The van der Waals surface area contributed by atoms with E-state index in [2.05, 4.69) is 9.97 Å². The number of para-hydroxylation sites is 2. The van der Waals surface area contributed by atoms with E-state index in [1.807, 2.05) is 24.3 Å². The van der Waals surface area contributed by atoms with Crippen molar-refractivity contribution < 1.29 is 14.0 Å². The Labute approximate surface area is 149 Å². The summed E-state index contributed by atoms with van der Waals surface area (Å²) < 4.78 is 12.9. The summed E-state index contributed by atoms with van der Waals surface area (Å²) in [7, 11) is 0. The Morgan fingerprint density at radius 3 is 2.54 bits per heavy atom. The van der Waals surface area contributed by atoms with Gasteiger partial charge >= 0.3 is 0 Å². The van der Waals surface area contributed by atoms with Crippen LogP contribution in [0.5, 0.6) is 0 Å². The summed E-state index contributed by atoms with van der Waals surface area (Å²) in [6.07, 6.45) is 0.589. The lowest BCUT2D eigenvalue weighted by molar-refractivity contribution is -0.119. The number of rotatable bonds is 7. The molecule has 1 heterocycles. The molecule has 1 atom stereocenters. The number of benzene rings is 2. The number of carbonyl (C=O) groups is 2. The van der Waals surface area contributed by atoms with Crippen LogP contribution in [0, 0.1) is 17.1 Å². The van der Waals surface area contributed by atoms with Gasteiger partial charge in [-0.1, -0.05) is 12.1 Å². The van der Waals surface area contributed by atoms with Crippen LogP contribution in [-0.4, -0.2) is 21.5 Å². The molecule has 5 nitrogen and oxygen atoms in total. The van der Waals surface area contributed by atoms with Gasteiger partial charge in [-0.15, -0.1) is 0 Å². The average molecular weight is 349 g/mol. The highest BCUT2D eigenvalue weighted by Crippen LogP contribution is 2.20. The lowest BCUT2D eigenvalue weighted by Crippen LogP contribution is -2.13. The number of fused-ring (bicyclic) bond motifs is 1. The fourth-order valence-electron chi connectivity index (χ4n) is 2.74. The van der Waals surface area contributed by atoms with Crippen LogP contribution >= 0.6 is 0 Å². The maximum Gasteiger partial charge on any atom is 0.162 e. The molecule has 0 radical (unpaired) electrons. The third kappa shape index (κ3) is 3.83. The van der Waals surface area contributed by atoms with E-state index in [0.717, 1.165) is 5.52 Å². The number of nitrogens with one attached hydrogen (secondary N) is 1. The Morgan fingerprint density at radius 1 is 1.12 bits per heavy atom. The standard InChI is InChI=1S/C20H16FN3O2/c21-14-10-8-13(9-11-14)18(25)6-3-7-19(26)15(12-22)20-23-16-4-1-2-5-17(16)24-20/h1-2,4-5,8-11,15H,3,6-7H2,(H,23,24)/t15-/m0/s1. The first kappa shape index (κ1) is 17.5. The highest BCUT2D eigenvalue weighted by Gasteiger charge is 2.23. The summed E-state index contributed by atoms with van der Waals surface area (Å²) in [6.45, 7) is 0. The van der Waals surface area contributed by atoms with Gasteiger partial charge in [0.15, 0.2) is 17.5 Å². The van der Waals surface area contributed by atoms with Gasteiger partial charge in [0, 0.05) is 18.4 Å². The van der Waals surface area contributed by atoms with Crippen LogP contribution in [0.1, 0.15) is 41.4 Å². The number of hydrogen-bond acceptors (Lipinski definition) is 4. The Bertz CT molecular complexity index is 953. The van der Waals surface area contributed by atoms with Crippen LogP contribution in [0.2, 0.25) is 0 Å². The quantitative estimate of drug-likeness (QED) is 0.655. The second kappa shape index (κ2) is 7.70. The number of nitrogens with zero attached hydrogens (tertiary/aromatic N) is 2. The molecule has 0 fully saturated rings. The molecule has 0 aliphatic heterocycles. The smallest absolute Gasteiger partial charge is 0.162 e. The number of nitriles is 1. The van der Waals surface area contributed by atoms with E-state index in [9.17, 15) is 19.2 Å². The van der Waals surface area contributed by atoms with Crippen LogP contribution in [-0.2, 0) is 4.79 Å². The second-order valence-corrected chi connectivity index (χ2v) is 5.95. The molecule has 0 amide bonds. The Balaban J connectivity index is 1.60. The van der Waals surface area contributed by atoms with Crippen LogP contribution < -0.4 is 0 Å². The van der Waals surface area contributed by atoms with E-state index in [1.165, 1.54) is 24.3 Å². The van der Waals surface area contributed by atoms with Gasteiger partial charge in [-0.2, -0.15) is 5.26 Å². The van der Waals surface area contributed by atoms with E-state index < -0.39 is 11.7 Å². The molecule has 1 N–H and O–H groups in total. The summed E-state index contributed by atoms with van der Waals surface area (Å²) in [4.78, 5) is 31.7. The van der Waals surface area contributed by atoms with Gasteiger partial charge < -0.3 is 4.98 Å². The van der Waals surface area contributed by atoms with Crippen molar-refractivity contribution in [1.29, 1.82) is 5.26 Å². The molecular weight excluding hydrogens is 333 g/mol. The summed E-state index contributed by atoms with van der Waals surface area (Å²) >= 11 is 0. The third-order valence-electron chi connectivity index (χ3n) is 4.13. The topological polar surface area (TPSA) is 86.6 Å². The van der Waals surface area contributed by atoms with Gasteiger partial charge in [-0.25, -0.2) is 9.37 Å². The zero-order chi connectivity index (χ0) is 18.5. The minimum Gasteiger partial charge on any atom is -0.340 e. The zero-order valence-corrected chi connectivity index (χ0v) is 13.9. The van der Waals surface area contributed by atoms with Gasteiger partial charge in [0.05, 0.1) is 17.1 Å². The van der Waals surface area contributed by atoms with Gasteiger partial charge in [0.25, 0.3) is 0 Å². The van der Waals surface area contributed by atoms with Gasteiger partial charge in [-0.05, 0) is 42.8 Å². The van der Waals surface area contributed by atoms with Gasteiger partial charge in [0.1, 0.15) is 11.6 Å². The first-order chi connectivity index (χ1) is 12.6. The fourth-order valence-corrected chi connectivity index (χ4v) is 2.74. The van der Waals surface area contributed by atoms with Gasteiger partial charge in [0.2, 0.25) is 0 Å². The number of Topliss-reactive ketones (excluding diaryl/α,β-unsaturated/α-hetero) is 2. The number of halogens is 1. The lowest BCUT2D eigenvalue weighted by Gasteiger charge is -2.05. The fraction of sp³-hybridized carbons (Fsp3) is 0.200. The maximum absolute atomic E-state index is 12.9. The van der Waals surface area contributed by atoms with Gasteiger partial charge in [-0.3, -0.25) is 9.59 Å². The molecule has 130 valence electrons. The lowest BCUT2D eigenvalue weighted by atomic mass is 9.98. The highest BCUT2D eigenvalue weighted by molar-refractivity contribution is 5.96. The maximum atomic E-state index is 12.9. The number of ketones is 2. The van der Waals surface area contributed by atoms with Crippen molar-refractivity contribution in [3.8, 4) is 6.07 Å². The molecule has 3 rings (SSSR count). The molecule has 6 heteroatoms. The largest absolute Gasteiger partial charge is 0.340 e. The SMILES string of the molecule is N#C[C@@H](C(=O)CCCC(=O)c1ccc(F)cc1)c1nc2ccccc2[nH]1. The Hall–Kier alpha value is -3.33. The molecular formula is C20H16FN3O2. The number of carbonyl (C=O) groups excluding carboxylic acids is 2. The highest BCUT2D eigenvalue weighted by atomic mass is 19.1. The van der Waals surface area contributed by atoms with Crippen molar-refractivity contribution in [2.24, 2.45) is 0 Å². The molecule has 3 aromatic rings. The normalized spacial score (nSPS) is 11.8. The first-order valence-corrected chi connectivity index (χ1v) is 8.24. The molecule has 0 unspecified atom stereocenters. The number of aromatic nitrogens is 2. The predicted molar refractivity (Wildman–Crippen MR) is 94.0 cm³/mol. The summed E-state index contributed by atoms with van der Waals surface area (Å²) in [5.74, 6) is -1.50. The van der Waals surface area contributed by atoms with E-state index in [0.29, 0.717) is 23.3 Å². The number of hydrogen-bond donors (Lipinski definition) is 1. The van der Waals surface area contributed by atoms with Crippen molar-refractivity contribution in [2.75, 3.05) is 0 Å².